The van der Waals surface area contributed by atoms with Crippen molar-refractivity contribution in [3.8, 4) is 0 Å². The number of nitrogens with one attached hydrogen (secondary N) is 1. The third-order valence-corrected chi connectivity index (χ3v) is 6.80. The molecule has 3 N–H and O–H groups in total. The van der Waals surface area contributed by atoms with Gasteiger partial charge in [-0.2, -0.15) is 22.5 Å². The molecule has 0 saturated carbocycles. The zero-order valence-corrected chi connectivity index (χ0v) is 19.4. The topological polar surface area (TPSA) is 110 Å². The summed E-state index contributed by atoms with van der Waals surface area (Å²) in [5.41, 5.74) is 5.10. The van der Waals surface area contributed by atoms with Crippen molar-refractivity contribution >= 4 is 23.5 Å². The molecule has 0 aliphatic carbocycles. The van der Waals surface area contributed by atoms with Crippen molar-refractivity contribution in [1.82, 2.24) is 19.9 Å². The summed E-state index contributed by atoms with van der Waals surface area (Å²) in [6.07, 6.45) is 1.41. The van der Waals surface area contributed by atoms with Gasteiger partial charge in [-0.3, -0.25) is 10.5 Å². The number of likely N-dealkylation sites (tertiary alicyclic amines) is 1. The molecule has 1 amide bonds. The molecule has 3 fully saturated rings. The van der Waals surface area contributed by atoms with Gasteiger partial charge in [-0.05, 0) is 37.8 Å². The Morgan fingerprint density at radius 2 is 1.86 bits per heavy atom. The SMILES string of the molecule is NC(F)(F)c1ccnc(Nc2cc(C3CCCN(C(=O)C(F)F)C3)nc(N3CC4CCC(C3)O4)n2)c1. The zero-order chi connectivity index (χ0) is 25.4. The van der Waals surface area contributed by atoms with Crippen LogP contribution in [0.25, 0.3) is 0 Å². The molecule has 13 heteroatoms. The van der Waals surface area contributed by atoms with Crippen LogP contribution in [0.1, 0.15) is 42.9 Å². The fourth-order valence-corrected chi connectivity index (χ4v) is 5.04. The highest BCUT2D eigenvalue weighted by Gasteiger charge is 2.36. The van der Waals surface area contributed by atoms with Gasteiger partial charge in [0.25, 0.3) is 5.91 Å². The molecule has 0 spiro atoms. The van der Waals surface area contributed by atoms with Gasteiger partial charge in [0.15, 0.2) is 0 Å². The fraction of sp³-hybridized carbons (Fsp3) is 0.565. The first kappa shape index (κ1) is 24.6. The van der Waals surface area contributed by atoms with Crippen LogP contribution in [0, 0.1) is 0 Å². The number of ether oxygens (including phenoxy) is 1. The number of nitrogens with zero attached hydrogens (tertiary/aromatic N) is 5. The number of hydrogen-bond donors (Lipinski definition) is 2. The van der Waals surface area contributed by atoms with Gasteiger partial charge in [0, 0.05) is 49.9 Å². The molecule has 3 saturated heterocycles. The van der Waals surface area contributed by atoms with Crippen LogP contribution in [0.3, 0.4) is 0 Å². The molecule has 2 aromatic rings. The zero-order valence-electron chi connectivity index (χ0n) is 19.4. The molecule has 3 atom stereocenters. The number of morpholine rings is 1. The van der Waals surface area contributed by atoms with E-state index in [1.54, 1.807) is 6.07 Å². The summed E-state index contributed by atoms with van der Waals surface area (Å²) >= 11 is 0. The summed E-state index contributed by atoms with van der Waals surface area (Å²) in [6, 6.07) is 0.383. The lowest BCUT2D eigenvalue weighted by Crippen LogP contribution is -2.44. The standard InChI is InChI=1S/C23H27F4N7O2/c24-20(25)21(35)33-7-1-2-13(10-33)17-9-19(31-18-8-14(5-6-29-18)23(26,27)28)32-22(30-17)34-11-15-3-4-16(12-34)36-15/h5-6,8-9,13,15-16,20H,1-4,7,10-12,28H2,(H,29,30,31,32). The molecule has 5 heterocycles. The number of pyridine rings is 1. The molecule has 36 heavy (non-hydrogen) atoms. The van der Waals surface area contributed by atoms with Crippen molar-refractivity contribution in [3.63, 3.8) is 0 Å². The third kappa shape index (κ3) is 5.36. The number of halogens is 4. The molecule has 2 aromatic heterocycles. The minimum atomic E-state index is -3.53. The monoisotopic (exact) mass is 509 g/mol. The van der Waals surface area contributed by atoms with Gasteiger partial charge in [0.05, 0.1) is 17.9 Å². The number of aromatic nitrogens is 3. The Morgan fingerprint density at radius 3 is 2.56 bits per heavy atom. The van der Waals surface area contributed by atoms with E-state index >= 15 is 0 Å². The summed E-state index contributed by atoms with van der Waals surface area (Å²) < 4.78 is 59.2. The van der Waals surface area contributed by atoms with Gasteiger partial charge in [0.2, 0.25) is 5.95 Å². The van der Waals surface area contributed by atoms with Gasteiger partial charge in [-0.1, -0.05) is 0 Å². The predicted molar refractivity (Wildman–Crippen MR) is 122 cm³/mol. The molecule has 0 aromatic carbocycles. The molecular formula is C23H27F4N7O2. The second kappa shape index (κ2) is 9.77. The number of hydrogen-bond acceptors (Lipinski definition) is 8. The van der Waals surface area contributed by atoms with E-state index in [1.807, 2.05) is 4.90 Å². The Kier molecular flexibility index (Phi) is 6.68. The van der Waals surface area contributed by atoms with Gasteiger partial charge >= 0.3 is 12.5 Å². The Hall–Kier alpha value is -3.06. The summed E-state index contributed by atoms with van der Waals surface area (Å²) in [7, 11) is 0. The van der Waals surface area contributed by atoms with Gasteiger partial charge < -0.3 is 19.9 Å². The smallest absolute Gasteiger partial charge is 0.327 e. The Bertz CT molecular complexity index is 1100. The summed E-state index contributed by atoms with van der Waals surface area (Å²) in [5.74, 6) is -0.618. The van der Waals surface area contributed by atoms with Crippen molar-refractivity contribution in [2.45, 2.75) is 56.3 Å². The van der Waals surface area contributed by atoms with E-state index in [1.165, 1.54) is 6.20 Å². The van der Waals surface area contributed by atoms with Crippen LogP contribution in [-0.2, 0) is 15.6 Å². The van der Waals surface area contributed by atoms with Crippen LogP contribution in [0.4, 0.5) is 35.1 Å². The summed E-state index contributed by atoms with van der Waals surface area (Å²) in [4.78, 5) is 28.5. The maximum Gasteiger partial charge on any atom is 0.327 e. The maximum absolute atomic E-state index is 13.6. The van der Waals surface area contributed by atoms with E-state index in [9.17, 15) is 22.4 Å². The fourth-order valence-electron chi connectivity index (χ4n) is 5.04. The average Bonchev–Trinajstić information content (AvgIpc) is 3.20. The van der Waals surface area contributed by atoms with Crippen LogP contribution >= 0.6 is 0 Å². The second-order valence-electron chi connectivity index (χ2n) is 9.44. The molecular weight excluding hydrogens is 482 g/mol. The van der Waals surface area contributed by atoms with E-state index in [0.29, 0.717) is 43.4 Å². The second-order valence-corrected chi connectivity index (χ2v) is 9.44. The number of alkyl halides is 4. The largest absolute Gasteiger partial charge is 0.371 e. The van der Waals surface area contributed by atoms with E-state index in [2.05, 4.69) is 15.3 Å². The number of carbonyl (C=O) groups is 1. The number of piperidine rings is 1. The van der Waals surface area contributed by atoms with Crippen LogP contribution in [0.2, 0.25) is 0 Å². The van der Waals surface area contributed by atoms with E-state index in [4.69, 9.17) is 15.5 Å². The van der Waals surface area contributed by atoms with Crippen molar-refractivity contribution in [3.05, 3.63) is 35.7 Å². The van der Waals surface area contributed by atoms with Crippen LogP contribution in [0.5, 0.6) is 0 Å². The number of carbonyl (C=O) groups excluding carboxylic acids is 1. The van der Waals surface area contributed by atoms with E-state index < -0.39 is 23.9 Å². The highest BCUT2D eigenvalue weighted by Crippen LogP contribution is 2.33. The lowest BCUT2D eigenvalue weighted by atomic mass is 9.94. The molecule has 194 valence electrons. The Balaban J connectivity index is 1.46. The molecule has 3 aliphatic rings. The number of amides is 1. The first-order chi connectivity index (χ1) is 17.2. The highest BCUT2D eigenvalue weighted by molar-refractivity contribution is 5.79. The lowest BCUT2D eigenvalue weighted by molar-refractivity contribution is -0.144. The minimum absolute atomic E-state index is 0.0754. The molecule has 9 nitrogen and oxygen atoms in total. The summed E-state index contributed by atoms with van der Waals surface area (Å²) in [6.45, 7) is 1.58. The normalized spacial score (nSPS) is 24.3. The van der Waals surface area contributed by atoms with E-state index in [0.717, 1.165) is 29.9 Å². The first-order valence-electron chi connectivity index (χ1n) is 11.9. The van der Waals surface area contributed by atoms with Crippen molar-refractivity contribution in [2.75, 3.05) is 36.4 Å². The Labute approximate surface area is 205 Å². The van der Waals surface area contributed by atoms with Crippen molar-refractivity contribution in [1.29, 1.82) is 0 Å². The van der Waals surface area contributed by atoms with Crippen LogP contribution in [0.15, 0.2) is 24.4 Å². The average molecular weight is 510 g/mol. The van der Waals surface area contributed by atoms with Crippen molar-refractivity contribution < 1.29 is 27.1 Å². The van der Waals surface area contributed by atoms with Gasteiger partial charge in [-0.25, -0.2) is 9.97 Å². The van der Waals surface area contributed by atoms with Gasteiger partial charge in [0.1, 0.15) is 11.6 Å². The molecule has 2 bridgehead atoms. The Morgan fingerprint density at radius 1 is 1.11 bits per heavy atom. The van der Waals surface area contributed by atoms with Gasteiger partial charge in [-0.15, -0.1) is 0 Å². The minimum Gasteiger partial charge on any atom is -0.371 e. The summed E-state index contributed by atoms with van der Waals surface area (Å²) in [5, 5.41) is 2.96. The number of rotatable bonds is 6. The number of fused-ring (bicyclic) bond motifs is 2. The van der Waals surface area contributed by atoms with E-state index in [-0.39, 0.29) is 37.0 Å². The molecule has 3 unspecified atom stereocenters. The number of nitrogens with two attached hydrogens (primary N) is 1. The predicted octanol–water partition coefficient (Wildman–Crippen LogP) is 2.96. The first-order valence-corrected chi connectivity index (χ1v) is 11.9. The molecule has 5 rings (SSSR count). The van der Waals surface area contributed by atoms with Crippen LogP contribution < -0.4 is 16.0 Å². The quantitative estimate of drug-likeness (QED) is 0.452. The molecule has 3 aliphatic heterocycles. The highest BCUT2D eigenvalue weighted by atomic mass is 19.3. The molecule has 0 radical (unpaired) electrons. The maximum atomic E-state index is 13.6. The van der Waals surface area contributed by atoms with Crippen LogP contribution in [-0.4, -0.2) is 70.6 Å². The number of anilines is 3. The third-order valence-electron chi connectivity index (χ3n) is 6.80. The van der Waals surface area contributed by atoms with Crippen molar-refractivity contribution in [2.24, 2.45) is 5.73 Å². The lowest BCUT2D eigenvalue weighted by Gasteiger charge is -2.34.